The zero-order valence-electron chi connectivity index (χ0n) is 13.3. The Hall–Kier alpha value is -0.920. The molecule has 0 bridgehead atoms. The van der Waals surface area contributed by atoms with E-state index in [1.807, 2.05) is 6.07 Å². The van der Waals surface area contributed by atoms with Crippen LogP contribution in [0.3, 0.4) is 0 Å². The van der Waals surface area contributed by atoms with E-state index in [9.17, 15) is 0 Å². The summed E-state index contributed by atoms with van der Waals surface area (Å²) in [5.41, 5.74) is 3.49. The lowest BCUT2D eigenvalue weighted by Gasteiger charge is -2.07. The minimum Gasteiger partial charge on any atom is -0.342 e. The first-order chi connectivity index (χ1) is 12.1. The summed E-state index contributed by atoms with van der Waals surface area (Å²) in [4.78, 5) is 8.15. The van der Waals surface area contributed by atoms with Gasteiger partial charge in [-0.3, -0.25) is 0 Å². The van der Waals surface area contributed by atoms with Crippen molar-refractivity contribution < 1.29 is 0 Å². The van der Waals surface area contributed by atoms with Crippen molar-refractivity contribution in [1.29, 1.82) is 0 Å². The summed E-state index contributed by atoms with van der Waals surface area (Å²) in [6.45, 7) is 0. The van der Waals surface area contributed by atoms with Crippen molar-refractivity contribution in [2.24, 2.45) is 0 Å². The number of imidazole rings is 1. The molecule has 4 aromatic rings. The average Bonchev–Trinajstić information content (AvgIpc) is 2.99. The second-order valence-electron chi connectivity index (χ2n) is 6.07. The number of hydrogen-bond donors (Lipinski definition) is 1. The highest BCUT2D eigenvalue weighted by atomic mass is 127. The van der Waals surface area contributed by atoms with Crippen molar-refractivity contribution in [3.05, 3.63) is 72.4 Å². The molecular formula is C20H15Br2IN2. The number of aromatic nitrogens is 2. The molecule has 0 fully saturated rings. The third-order valence-electron chi connectivity index (χ3n) is 4.39. The molecule has 0 saturated carbocycles. The lowest BCUT2D eigenvalue weighted by atomic mass is 10.0. The Morgan fingerprint density at radius 2 is 1.68 bits per heavy atom. The Morgan fingerprint density at radius 3 is 2.52 bits per heavy atom. The average molecular weight is 570 g/mol. The number of H-pyrrole nitrogens is 1. The van der Waals surface area contributed by atoms with Gasteiger partial charge in [-0.1, -0.05) is 30.3 Å². The standard InChI is InChI=1S/C20H15Br2IN2/c21-15-10-18-19(11-16(15)22)25-20(24-18)7-3-4-12-8-9-17(23)14-6-2-1-5-13(12)14/h1-2,5-6,8-11H,3-4,7H2,(H,24,25). The maximum atomic E-state index is 4.71. The van der Waals surface area contributed by atoms with Gasteiger partial charge in [-0.15, -0.1) is 0 Å². The first-order valence-corrected chi connectivity index (χ1v) is 10.8. The van der Waals surface area contributed by atoms with Crippen molar-refractivity contribution in [2.45, 2.75) is 19.3 Å². The van der Waals surface area contributed by atoms with Gasteiger partial charge in [-0.2, -0.15) is 0 Å². The monoisotopic (exact) mass is 568 g/mol. The minimum absolute atomic E-state index is 0.949. The number of halogens is 3. The summed E-state index contributed by atoms with van der Waals surface area (Å²) in [5, 5.41) is 2.71. The predicted octanol–water partition coefficient (Wildman–Crippen LogP) is 7.02. The molecule has 0 aliphatic carbocycles. The minimum atomic E-state index is 0.949. The third-order valence-corrected chi connectivity index (χ3v) is 7.18. The number of aromatic amines is 1. The number of benzene rings is 3. The van der Waals surface area contributed by atoms with Gasteiger partial charge in [0.1, 0.15) is 5.82 Å². The van der Waals surface area contributed by atoms with Crippen LogP contribution in [0.25, 0.3) is 21.8 Å². The van der Waals surface area contributed by atoms with E-state index in [1.165, 1.54) is 19.9 Å². The lowest BCUT2D eigenvalue weighted by Crippen LogP contribution is -1.94. The summed E-state index contributed by atoms with van der Waals surface area (Å²) in [6.07, 6.45) is 3.08. The van der Waals surface area contributed by atoms with Crippen LogP contribution in [0.15, 0.2) is 57.5 Å². The topological polar surface area (TPSA) is 28.7 Å². The molecule has 0 saturated heterocycles. The summed E-state index contributed by atoms with van der Waals surface area (Å²) in [7, 11) is 0. The highest BCUT2D eigenvalue weighted by Gasteiger charge is 2.08. The SMILES string of the molecule is Brc1cc2nc(CCCc3ccc(I)c4ccccc34)[nH]c2cc1Br. The fourth-order valence-corrected chi connectivity index (χ4v) is 4.49. The molecule has 0 spiro atoms. The first kappa shape index (κ1) is 17.5. The summed E-state index contributed by atoms with van der Waals surface area (Å²) in [6, 6.07) is 17.3. The molecule has 1 aromatic heterocycles. The Kier molecular flexibility index (Phi) is 5.15. The Bertz CT molecular complexity index is 1030. The molecule has 4 rings (SSSR count). The highest BCUT2D eigenvalue weighted by Crippen LogP contribution is 2.28. The van der Waals surface area contributed by atoms with E-state index in [4.69, 9.17) is 4.98 Å². The molecule has 1 N–H and O–H groups in total. The van der Waals surface area contributed by atoms with Crippen molar-refractivity contribution in [3.63, 3.8) is 0 Å². The molecular weight excluding hydrogens is 555 g/mol. The smallest absolute Gasteiger partial charge is 0.107 e. The Labute approximate surface area is 176 Å². The molecule has 126 valence electrons. The van der Waals surface area contributed by atoms with Crippen LogP contribution in [0.1, 0.15) is 17.8 Å². The third kappa shape index (κ3) is 3.64. The van der Waals surface area contributed by atoms with Gasteiger partial charge in [-0.05, 0) is 102 Å². The molecule has 0 unspecified atom stereocenters. The van der Waals surface area contributed by atoms with Gasteiger partial charge in [0, 0.05) is 18.9 Å². The van der Waals surface area contributed by atoms with Crippen LogP contribution < -0.4 is 0 Å². The molecule has 0 radical (unpaired) electrons. The van der Waals surface area contributed by atoms with Gasteiger partial charge in [0.05, 0.1) is 11.0 Å². The molecule has 5 heteroatoms. The molecule has 0 aliphatic rings. The normalized spacial score (nSPS) is 11.5. The first-order valence-electron chi connectivity index (χ1n) is 8.11. The lowest BCUT2D eigenvalue weighted by molar-refractivity contribution is 0.789. The van der Waals surface area contributed by atoms with Crippen LogP contribution in [-0.4, -0.2) is 9.97 Å². The molecule has 2 nitrogen and oxygen atoms in total. The van der Waals surface area contributed by atoms with E-state index in [0.717, 1.165) is 45.1 Å². The van der Waals surface area contributed by atoms with Crippen LogP contribution in [0.4, 0.5) is 0 Å². The molecule has 25 heavy (non-hydrogen) atoms. The van der Waals surface area contributed by atoms with Crippen molar-refractivity contribution in [2.75, 3.05) is 0 Å². The number of fused-ring (bicyclic) bond motifs is 2. The van der Waals surface area contributed by atoms with Crippen LogP contribution in [0, 0.1) is 3.57 Å². The van der Waals surface area contributed by atoms with E-state index < -0.39 is 0 Å². The number of nitrogens with one attached hydrogen (secondary N) is 1. The Morgan fingerprint density at radius 1 is 0.920 bits per heavy atom. The largest absolute Gasteiger partial charge is 0.342 e. The number of hydrogen-bond acceptors (Lipinski definition) is 1. The van der Waals surface area contributed by atoms with Gasteiger partial charge in [-0.25, -0.2) is 4.98 Å². The van der Waals surface area contributed by atoms with Gasteiger partial charge >= 0.3 is 0 Å². The summed E-state index contributed by atoms with van der Waals surface area (Å²) >= 11 is 9.49. The number of rotatable bonds is 4. The summed E-state index contributed by atoms with van der Waals surface area (Å²) < 4.78 is 3.38. The maximum Gasteiger partial charge on any atom is 0.107 e. The van der Waals surface area contributed by atoms with Crippen molar-refractivity contribution in [3.8, 4) is 0 Å². The fourth-order valence-electron chi connectivity index (χ4n) is 3.17. The van der Waals surface area contributed by atoms with Gasteiger partial charge in [0.15, 0.2) is 0 Å². The van der Waals surface area contributed by atoms with Gasteiger partial charge < -0.3 is 4.98 Å². The molecule has 0 aliphatic heterocycles. The zero-order valence-corrected chi connectivity index (χ0v) is 18.7. The van der Waals surface area contributed by atoms with Crippen LogP contribution >= 0.6 is 54.5 Å². The number of nitrogens with zero attached hydrogens (tertiary/aromatic N) is 1. The van der Waals surface area contributed by atoms with Crippen molar-refractivity contribution in [1.82, 2.24) is 9.97 Å². The number of aryl methyl sites for hydroxylation is 2. The zero-order chi connectivity index (χ0) is 17.4. The van der Waals surface area contributed by atoms with Crippen LogP contribution in [0.5, 0.6) is 0 Å². The second-order valence-corrected chi connectivity index (χ2v) is 8.94. The van der Waals surface area contributed by atoms with Crippen LogP contribution in [0.2, 0.25) is 0 Å². The van der Waals surface area contributed by atoms with E-state index in [1.54, 1.807) is 0 Å². The van der Waals surface area contributed by atoms with Gasteiger partial charge in [0.25, 0.3) is 0 Å². The van der Waals surface area contributed by atoms with E-state index in [0.29, 0.717) is 0 Å². The molecule has 1 heterocycles. The fraction of sp³-hybridized carbons (Fsp3) is 0.150. The van der Waals surface area contributed by atoms with E-state index >= 15 is 0 Å². The van der Waals surface area contributed by atoms with Gasteiger partial charge in [0.2, 0.25) is 0 Å². The second kappa shape index (κ2) is 7.37. The quantitative estimate of drug-likeness (QED) is 0.263. The Balaban J connectivity index is 1.52. The van der Waals surface area contributed by atoms with E-state index in [-0.39, 0.29) is 0 Å². The van der Waals surface area contributed by atoms with Crippen LogP contribution in [-0.2, 0) is 12.8 Å². The predicted molar refractivity (Wildman–Crippen MR) is 120 cm³/mol. The summed E-state index contributed by atoms with van der Waals surface area (Å²) in [5.74, 6) is 1.05. The maximum absolute atomic E-state index is 4.71. The van der Waals surface area contributed by atoms with E-state index in [2.05, 4.69) is 102 Å². The molecule has 3 aromatic carbocycles. The molecule has 0 amide bonds. The highest BCUT2D eigenvalue weighted by molar-refractivity contribution is 14.1. The molecule has 0 atom stereocenters. The van der Waals surface area contributed by atoms with Crippen molar-refractivity contribution >= 4 is 76.3 Å².